The Morgan fingerprint density at radius 2 is 1.25 bits per heavy atom. The molecule has 61 heavy (non-hydrogen) atoms. The topological polar surface area (TPSA) is 8.17 Å². The number of nitrogens with zero attached hydrogens (tertiary/aromatic N) is 2. The van der Waals surface area contributed by atoms with Crippen molar-refractivity contribution < 1.29 is 0 Å². The van der Waals surface area contributed by atoms with Crippen molar-refractivity contribution in [2.75, 3.05) is 4.81 Å². The molecule has 0 N–H and O–H groups in total. The summed E-state index contributed by atoms with van der Waals surface area (Å²) in [7, 11) is 0. The van der Waals surface area contributed by atoms with E-state index >= 15 is 0 Å². The van der Waals surface area contributed by atoms with E-state index in [0.29, 0.717) is 0 Å². The quantitative estimate of drug-likeness (QED) is 0.160. The SMILES string of the molecule is CC(C)(C)c1ccc(N2B3c4cc5c(cc4-n4c6cc7c(cc6c6ccc(c3c64)-c3cc4sc6ccccc6c4cc32)sc2ccccc27)SC2(c3ccccc3)C=C52)cc1. The maximum absolute atomic E-state index is 2.71. The van der Waals surface area contributed by atoms with Crippen LogP contribution in [0, 0.1) is 0 Å². The smallest absolute Gasteiger partial charge is 0.333 e. The van der Waals surface area contributed by atoms with Crippen molar-refractivity contribution in [2.24, 2.45) is 0 Å². The first-order valence-corrected chi connectivity index (χ1v) is 23.7. The van der Waals surface area contributed by atoms with E-state index in [4.69, 9.17) is 0 Å². The first kappa shape index (κ1) is 33.6. The highest BCUT2D eigenvalue weighted by atomic mass is 32.2. The summed E-state index contributed by atoms with van der Waals surface area (Å²) < 4.78 is 7.94. The molecule has 6 heterocycles. The first-order chi connectivity index (χ1) is 29.8. The third-order valence-corrected chi connectivity index (χ3v) is 17.9. The third-order valence-electron chi connectivity index (χ3n) is 14.1. The Morgan fingerprint density at radius 1 is 0.541 bits per heavy atom. The van der Waals surface area contributed by atoms with E-state index in [2.05, 4.69) is 188 Å². The van der Waals surface area contributed by atoms with Gasteiger partial charge in [0, 0.05) is 78.6 Å². The van der Waals surface area contributed by atoms with E-state index < -0.39 is 0 Å². The minimum absolute atomic E-state index is 0.0378. The molecular formula is C55H35BN2S3. The van der Waals surface area contributed by atoms with Crippen molar-refractivity contribution in [1.29, 1.82) is 0 Å². The molecule has 0 amide bonds. The fourth-order valence-electron chi connectivity index (χ4n) is 11.2. The summed E-state index contributed by atoms with van der Waals surface area (Å²) in [5.74, 6) is 0. The summed E-state index contributed by atoms with van der Waals surface area (Å²) in [5, 5.41) is 8.00. The van der Waals surface area contributed by atoms with Crippen molar-refractivity contribution in [1.82, 2.24) is 4.57 Å². The standard InChI is InChI=1S/C55H35BN2S3/c1-54(2,3)30-17-19-32(20-18-30)58-45-25-40-34-14-8-10-16-48(34)59-49(40)26-37(45)35-21-22-36-38-27-50-39(33-13-7-9-15-47(33)60-50)24-44(38)57-46-28-51-41(23-43(46)56(58)52(35)53(36)57)42-29-55(42,61-51)31-11-5-4-6-12-31/h4-29H,1-3H3. The van der Waals surface area contributed by atoms with Crippen LogP contribution in [0.25, 0.3) is 84.5 Å². The minimum Gasteiger partial charge on any atom is -0.376 e. The lowest BCUT2D eigenvalue weighted by molar-refractivity contribution is 0.590. The van der Waals surface area contributed by atoms with Crippen LogP contribution in [0.4, 0.5) is 11.4 Å². The summed E-state index contributed by atoms with van der Waals surface area (Å²) in [5.41, 5.74) is 17.5. The number of anilines is 2. The van der Waals surface area contributed by atoms with Gasteiger partial charge in [0.1, 0.15) is 0 Å². The van der Waals surface area contributed by atoms with E-state index in [1.165, 1.54) is 128 Å². The molecule has 2 nitrogen and oxygen atoms in total. The van der Waals surface area contributed by atoms with E-state index in [0.717, 1.165) is 0 Å². The van der Waals surface area contributed by atoms with Crippen LogP contribution in [0.1, 0.15) is 37.5 Å². The van der Waals surface area contributed by atoms with Crippen LogP contribution in [0.15, 0.2) is 163 Å². The highest BCUT2D eigenvalue weighted by Crippen LogP contribution is 2.69. The summed E-state index contributed by atoms with van der Waals surface area (Å²) in [6.45, 7) is 6.90. The third kappa shape index (κ3) is 4.26. The molecule has 0 bridgehead atoms. The Kier molecular flexibility index (Phi) is 6.21. The number of aromatic nitrogens is 1. The number of fused-ring (bicyclic) bond motifs is 17. The zero-order chi connectivity index (χ0) is 40.1. The fourth-order valence-corrected chi connectivity index (χ4v) is 14.9. The summed E-state index contributed by atoms with van der Waals surface area (Å²) >= 11 is 5.85. The monoisotopic (exact) mass is 830 g/mol. The Bertz CT molecular complexity index is 3840. The highest BCUT2D eigenvalue weighted by molar-refractivity contribution is 8.01. The molecule has 15 rings (SSSR count). The molecular weight excluding hydrogens is 796 g/mol. The van der Waals surface area contributed by atoms with Gasteiger partial charge >= 0.3 is 6.85 Å². The molecule has 1 aliphatic carbocycles. The van der Waals surface area contributed by atoms with Crippen molar-refractivity contribution in [3.8, 4) is 16.8 Å². The fraction of sp³-hybridized carbons (Fsp3) is 0.0909. The normalized spacial score (nSPS) is 17.1. The van der Waals surface area contributed by atoms with Crippen molar-refractivity contribution in [2.45, 2.75) is 35.8 Å². The maximum Gasteiger partial charge on any atom is 0.333 e. The zero-order valence-corrected chi connectivity index (χ0v) is 36.2. The maximum atomic E-state index is 2.71. The lowest BCUT2D eigenvalue weighted by atomic mass is 9.44. The molecule has 0 radical (unpaired) electrons. The lowest BCUT2D eigenvalue weighted by Gasteiger charge is -2.42. The number of thiophene rings is 2. The first-order valence-electron chi connectivity index (χ1n) is 21.3. The van der Waals surface area contributed by atoms with Crippen molar-refractivity contribution >= 4 is 131 Å². The van der Waals surface area contributed by atoms with Gasteiger partial charge in [-0.15, -0.1) is 34.4 Å². The summed E-state index contributed by atoms with van der Waals surface area (Å²) in [4.78, 5) is 4.09. The second-order valence-corrected chi connectivity index (χ2v) is 21.9. The number of thioether (sulfide) groups is 1. The van der Waals surface area contributed by atoms with Gasteiger partial charge in [0.15, 0.2) is 0 Å². The zero-order valence-electron chi connectivity index (χ0n) is 33.7. The molecule has 6 heteroatoms. The Labute approximate surface area is 365 Å². The van der Waals surface area contributed by atoms with Crippen LogP contribution in [-0.2, 0) is 10.2 Å². The number of rotatable bonds is 2. The second-order valence-electron chi connectivity index (χ2n) is 18.4. The van der Waals surface area contributed by atoms with Crippen LogP contribution in [-0.4, -0.2) is 11.4 Å². The largest absolute Gasteiger partial charge is 0.376 e. The Balaban J connectivity index is 1.08. The molecule has 11 aromatic rings. The second kappa shape index (κ2) is 11.3. The predicted octanol–water partition coefficient (Wildman–Crippen LogP) is 14.5. The molecule has 0 fully saturated rings. The van der Waals surface area contributed by atoms with Gasteiger partial charge < -0.3 is 9.38 Å². The molecule has 0 saturated heterocycles. The summed E-state index contributed by atoms with van der Waals surface area (Å²) in [6, 6.07) is 58.6. The molecule has 3 aliphatic heterocycles. The molecule has 8 aromatic carbocycles. The highest BCUT2D eigenvalue weighted by Gasteiger charge is 2.54. The van der Waals surface area contributed by atoms with Crippen LogP contribution >= 0.6 is 34.4 Å². The van der Waals surface area contributed by atoms with Gasteiger partial charge in [-0.1, -0.05) is 124 Å². The average molecular weight is 831 g/mol. The van der Waals surface area contributed by atoms with E-state index in [1.807, 2.05) is 34.4 Å². The molecule has 3 aromatic heterocycles. The van der Waals surface area contributed by atoms with Gasteiger partial charge in [-0.05, 0) is 98.8 Å². The van der Waals surface area contributed by atoms with Crippen LogP contribution < -0.4 is 15.7 Å². The van der Waals surface area contributed by atoms with Gasteiger partial charge in [0.25, 0.3) is 0 Å². The average Bonchev–Trinajstić information content (AvgIpc) is 3.52. The molecule has 1 unspecified atom stereocenters. The van der Waals surface area contributed by atoms with E-state index in [1.54, 1.807) is 0 Å². The Morgan fingerprint density at radius 3 is 2.00 bits per heavy atom. The lowest BCUT2D eigenvalue weighted by Crippen LogP contribution is -2.60. The van der Waals surface area contributed by atoms with Gasteiger partial charge in [0.05, 0.1) is 15.8 Å². The Hall–Kier alpha value is -6.05. The van der Waals surface area contributed by atoms with Crippen LogP contribution in [0.5, 0.6) is 0 Å². The number of hydrogen-bond donors (Lipinski definition) is 0. The predicted molar refractivity (Wildman–Crippen MR) is 266 cm³/mol. The molecule has 0 spiro atoms. The van der Waals surface area contributed by atoms with E-state index in [-0.39, 0.29) is 17.0 Å². The van der Waals surface area contributed by atoms with E-state index in [9.17, 15) is 0 Å². The molecule has 0 saturated carbocycles. The van der Waals surface area contributed by atoms with Gasteiger partial charge in [0.2, 0.25) is 0 Å². The summed E-state index contributed by atoms with van der Waals surface area (Å²) in [6.07, 6.45) is 2.50. The van der Waals surface area contributed by atoms with Crippen LogP contribution in [0.2, 0.25) is 0 Å². The molecule has 4 aliphatic rings. The number of benzene rings is 8. The van der Waals surface area contributed by atoms with Gasteiger partial charge in [-0.2, -0.15) is 0 Å². The van der Waals surface area contributed by atoms with Crippen molar-refractivity contribution in [3.05, 3.63) is 174 Å². The minimum atomic E-state index is -0.0887. The molecule has 1 atom stereocenters. The van der Waals surface area contributed by atoms with Gasteiger partial charge in [-0.3, -0.25) is 0 Å². The van der Waals surface area contributed by atoms with Crippen LogP contribution in [0.3, 0.4) is 0 Å². The molecule has 286 valence electrons. The number of hydrogen-bond acceptors (Lipinski definition) is 4. The van der Waals surface area contributed by atoms with Gasteiger partial charge in [-0.25, -0.2) is 0 Å². The van der Waals surface area contributed by atoms with Crippen molar-refractivity contribution in [3.63, 3.8) is 0 Å².